The number of nitrogens with zero attached hydrogens (tertiary/aromatic N) is 4. The van der Waals surface area contributed by atoms with E-state index in [-0.39, 0.29) is 42.7 Å². The van der Waals surface area contributed by atoms with E-state index < -0.39 is 17.7 Å². The number of methoxy groups -OCH3 is 1. The van der Waals surface area contributed by atoms with Gasteiger partial charge in [-0.3, -0.25) is 14.6 Å². The first-order valence-electron chi connectivity index (χ1n) is 11.2. The number of alkyl halides is 3. The highest BCUT2D eigenvalue weighted by Gasteiger charge is 2.64. The summed E-state index contributed by atoms with van der Waals surface area (Å²) in [6, 6.07) is 15.4. The minimum absolute atomic E-state index is 0.0346. The summed E-state index contributed by atoms with van der Waals surface area (Å²) in [5.41, 5.74) is -2.25. The van der Waals surface area contributed by atoms with Gasteiger partial charge in [-0.1, -0.05) is 36.4 Å². The number of hydrogen-bond acceptors (Lipinski definition) is 6. The summed E-state index contributed by atoms with van der Waals surface area (Å²) in [7, 11) is 0.887. The number of likely N-dealkylation sites (tertiary alicyclic amines) is 1. The Bertz CT molecular complexity index is 1190. The zero-order valence-corrected chi connectivity index (χ0v) is 19.4. The van der Waals surface area contributed by atoms with Crippen LogP contribution in [0.3, 0.4) is 0 Å². The molecule has 0 radical (unpaired) electrons. The van der Waals surface area contributed by atoms with Gasteiger partial charge in [-0.25, -0.2) is 0 Å². The van der Waals surface area contributed by atoms with Crippen LogP contribution in [0.15, 0.2) is 66.9 Å². The first-order valence-corrected chi connectivity index (χ1v) is 11.2. The van der Waals surface area contributed by atoms with E-state index in [1.165, 1.54) is 24.3 Å². The maximum atomic E-state index is 14.2. The molecule has 0 spiro atoms. The number of amides is 2. The third-order valence-corrected chi connectivity index (χ3v) is 6.10. The highest BCUT2D eigenvalue weighted by molar-refractivity contribution is 5.91. The van der Waals surface area contributed by atoms with Gasteiger partial charge >= 0.3 is 6.18 Å². The van der Waals surface area contributed by atoms with Crippen molar-refractivity contribution in [2.75, 3.05) is 25.5 Å². The van der Waals surface area contributed by atoms with Crippen molar-refractivity contribution in [3.63, 3.8) is 0 Å². The van der Waals surface area contributed by atoms with Gasteiger partial charge in [-0.2, -0.15) is 18.3 Å². The largest absolute Gasteiger partial charge is 0.430 e. The van der Waals surface area contributed by atoms with Crippen molar-refractivity contribution in [2.24, 2.45) is 0 Å². The van der Waals surface area contributed by atoms with Crippen molar-refractivity contribution in [1.29, 1.82) is 0 Å². The summed E-state index contributed by atoms with van der Waals surface area (Å²) in [5.74, 6) is -1.54. The number of ether oxygens (including phenoxy) is 1. The average molecular weight is 499 g/mol. The molecule has 36 heavy (non-hydrogen) atoms. The van der Waals surface area contributed by atoms with E-state index in [4.69, 9.17) is 4.74 Å². The Labute approximate surface area is 205 Å². The molecule has 2 amide bonds. The van der Waals surface area contributed by atoms with Gasteiger partial charge in [0.15, 0.2) is 5.82 Å². The standard InChI is InChI=1S/C25H24F3N5O3/c1-36-24(25(26,27)28,18-7-3-2-4-8-18)23(35)33-14-12-17(16-33)20-10-11-21(32-31-20)30-22(34)15-19-9-5-6-13-29-19/h2-11,13,17H,12,14-16H2,1H3,(H,30,32,34)/t17-,24+/m1/s1. The van der Waals surface area contributed by atoms with E-state index in [0.717, 1.165) is 12.0 Å². The Morgan fingerprint density at radius 2 is 1.81 bits per heavy atom. The highest BCUT2D eigenvalue weighted by Crippen LogP contribution is 2.44. The van der Waals surface area contributed by atoms with Crippen LogP contribution in [0.4, 0.5) is 19.0 Å². The molecule has 0 unspecified atom stereocenters. The van der Waals surface area contributed by atoms with Crippen molar-refractivity contribution >= 4 is 17.6 Å². The lowest BCUT2D eigenvalue weighted by atomic mass is 9.91. The second-order valence-corrected chi connectivity index (χ2v) is 8.38. The molecule has 3 aromatic rings. The number of nitrogens with one attached hydrogen (secondary N) is 1. The molecule has 0 bridgehead atoms. The molecular weight excluding hydrogens is 475 g/mol. The fourth-order valence-corrected chi connectivity index (χ4v) is 4.29. The molecule has 0 saturated carbocycles. The number of pyridine rings is 1. The van der Waals surface area contributed by atoms with Crippen LogP contribution in [0, 0.1) is 0 Å². The predicted octanol–water partition coefficient (Wildman–Crippen LogP) is 3.47. The van der Waals surface area contributed by atoms with Crippen molar-refractivity contribution in [3.05, 3.63) is 83.8 Å². The molecule has 1 aromatic carbocycles. The number of hydrogen-bond donors (Lipinski definition) is 1. The summed E-state index contributed by atoms with van der Waals surface area (Å²) >= 11 is 0. The minimum Gasteiger partial charge on any atom is -0.356 e. The summed E-state index contributed by atoms with van der Waals surface area (Å²) in [4.78, 5) is 30.7. The monoisotopic (exact) mass is 499 g/mol. The molecule has 1 aliphatic rings. The number of carbonyl (C=O) groups excluding carboxylic acids is 2. The number of benzene rings is 1. The zero-order valence-electron chi connectivity index (χ0n) is 19.4. The summed E-state index contributed by atoms with van der Waals surface area (Å²) in [6.07, 6.45) is -2.88. The molecule has 4 rings (SSSR count). The molecular formula is C25H24F3N5O3. The molecule has 2 atom stereocenters. The Kier molecular flexibility index (Phi) is 7.30. The Morgan fingerprint density at radius 1 is 1.06 bits per heavy atom. The van der Waals surface area contributed by atoms with Gasteiger partial charge in [-0.05, 0) is 30.7 Å². The van der Waals surface area contributed by atoms with E-state index in [2.05, 4.69) is 20.5 Å². The second-order valence-electron chi connectivity index (χ2n) is 8.38. The van der Waals surface area contributed by atoms with Gasteiger partial charge in [0.2, 0.25) is 5.91 Å². The van der Waals surface area contributed by atoms with E-state index in [1.54, 1.807) is 42.6 Å². The van der Waals surface area contributed by atoms with Gasteiger partial charge in [0.25, 0.3) is 11.5 Å². The van der Waals surface area contributed by atoms with Crippen molar-refractivity contribution in [2.45, 2.75) is 30.5 Å². The van der Waals surface area contributed by atoms with Crippen molar-refractivity contribution < 1.29 is 27.5 Å². The molecule has 0 aliphatic carbocycles. The highest BCUT2D eigenvalue weighted by atomic mass is 19.4. The first-order chi connectivity index (χ1) is 17.2. The van der Waals surface area contributed by atoms with Crippen LogP contribution in [-0.4, -0.2) is 58.3 Å². The van der Waals surface area contributed by atoms with Crippen LogP contribution in [0.5, 0.6) is 0 Å². The third-order valence-electron chi connectivity index (χ3n) is 6.10. The molecule has 1 fully saturated rings. The fourth-order valence-electron chi connectivity index (χ4n) is 4.29. The molecule has 1 saturated heterocycles. The summed E-state index contributed by atoms with van der Waals surface area (Å²) in [5, 5.41) is 10.8. The summed E-state index contributed by atoms with van der Waals surface area (Å²) < 4.78 is 47.6. The molecule has 188 valence electrons. The second kappa shape index (κ2) is 10.4. The molecule has 1 N–H and O–H groups in total. The minimum atomic E-state index is -4.97. The van der Waals surface area contributed by atoms with E-state index >= 15 is 0 Å². The molecule has 8 nitrogen and oxygen atoms in total. The smallest absolute Gasteiger partial charge is 0.356 e. The van der Waals surface area contributed by atoms with Crippen LogP contribution in [0.1, 0.15) is 29.3 Å². The van der Waals surface area contributed by atoms with Crippen molar-refractivity contribution in [3.8, 4) is 0 Å². The van der Waals surface area contributed by atoms with Gasteiger partial charge < -0.3 is 15.0 Å². The van der Waals surface area contributed by atoms with Gasteiger partial charge in [-0.15, -0.1) is 5.10 Å². The van der Waals surface area contributed by atoms with Crippen LogP contribution in [0.2, 0.25) is 0 Å². The number of rotatable bonds is 7. The number of aromatic nitrogens is 3. The number of anilines is 1. The summed E-state index contributed by atoms with van der Waals surface area (Å²) in [6.45, 7) is 0.148. The molecule has 3 heterocycles. The SMILES string of the molecule is CO[C@](C(=O)N1CC[C@@H](c2ccc(NC(=O)Cc3ccccn3)nn2)C1)(c1ccccc1)C(F)(F)F. The molecule has 11 heteroatoms. The molecule has 2 aromatic heterocycles. The fraction of sp³-hybridized carbons (Fsp3) is 0.320. The van der Waals surface area contributed by atoms with Crippen LogP contribution < -0.4 is 5.32 Å². The zero-order chi connectivity index (χ0) is 25.8. The number of carbonyl (C=O) groups is 2. The quantitative estimate of drug-likeness (QED) is 0.535. The van der Waals surface area contributed by atoms with Crippen LogP contribution in [0.25, 0.3) is 0 Å². The van der Waals surface area contributed by atoms with E-state index in [1.807, 2.05) is 0 Å². The lowest BCUT2D eigenvalue weighted by molar-refractivity contribution is -0.270. The van der Waals surface area contributed by atoms with Crippen LogP contribution in [-0.2, 0) is 26.3 Å². The van der Waals surface area contributed by atoms with Gasteiger partial charge in [0, 0.05) is 43.6 Å². The Balaban J connectivity index is 1.44. The van der Waals surface area contributed by atoms with E-state index in [0.29, 0.717) is 17.8 Å². The normalized spacial score (nSPS) is 17.4. The first kappa shape index (κ1) is 25.2. The average Bonchev–Trinajstić information content (AvgIpc) is 3.36. The predicted molar refractivity (Wildman–Crippen MR) is 124 cm³/mol. The third kappa shape index (κ3) is 5.06. The van der Waals surface area contributed by atoms with Gasteiger partial charge in [0.05, 0.1) is 12.1 Å². The molecule has 1 aliphatic heterocycles. The van der Waals surface area contributed by atoms with Gasteiger partial charge in [0.1, 0.15) is 0 Å². The van der Waals surface area contributed by atoms with Crippen LogP contribution >= 0.6 is 0 Å². The maximum absolute atomic E-state index is 14.2. The van der Waals surface area contributed by atoms with E-state index in [9.17, 15) is 22.8 Å². The van der Waals surface area contributed by atoms with Crippen molar-refractivity contribution in [1.82, 2.24) is 20.1 Å². The Hall–Kier alpha value is -3.86. The topological polar surface area (TPSA) is 97.3 Å². The lowest BCUT2D eigenvalue weighted by Gasteiger charge is -2.36. The number of halogens is 3. The lowest BCUT2D eigenvalue weighted by Crippen LogP contribution is -2.56. The Morgan fingerprint density at radius 3 is 2.42 bits per heavy atom. The maximum Gasteiger partial charge on any atom is 0.430 e.